The van der Waals surface area contributed by atoms with Crippen LogP contribution in [0.2, 0.25) is 30.1 Å². The van der Waals surface area contributed by atoms with Crippen molar-refractivity contribution in [1.82, 2.24) is 89.1 Å². The minimum absolute atomic E-state index is 0.0347. The molecule has 135 heavy (non-hydrogen) atoms. The van der Waals surface area contributed by atoms with Gasteiger partial charge in [-0.15, -0.1) is 34.0 Å². The number of nitrogens with one attached hydrogen (secondary N) is 7. The van der Waals surface area contributed by atoms with Crippen LogP contribution in [0.25, 0.3) is 48.8 Å². The maximum absolute atomic E-state index is 13.9. The first-order valence-corrected chi connectivity index (χ1v) is 56.7. The van der Waals surface area contributed by atoms with Gasteiger partial charge in [0.1, 0.15) is 0 Å². The maximum atomic E-state index is 13.9. The van der Waals surface area contributed by atoms with E-state index in [2.05, 4.69) is 75.9 Å². The Hall–Kier alpha value is -8.05. The van der Waals surface area contributed by atoms with Gasteiger partial charge in [0.25, 0.3) is 38.0 Å². The molecular weight excluding hydrogens is 1980 g/mol. The summed E-state index contributed by atoms with van der Waals surface area (Å²) in [6.07, 6.45) is 28.6. The molecular formula is C93H104Cl6N18O11S7. The summed E-state index contributed by atoms with van der Waals surface area (Å²) in [5.41, 5.74) is 13.6. The van der Waals surface area contributed by atoms with Gasteiger partial charge in [-0.1, -0.05) is 176 Å². The number of amides is 3. The summed E-state index contributed by atoms with van der Waals surface area (Å²) in [4.78, 5) is 52.9. The monoisotopic (exact) mass is 2080 g/mol. The molecule has 8 fully saturated rings. The number of aromatic nitrogens is 8. The number of sulfonamides is 2. The maximum Gasteiger partial charge on any atom is 0.286 e. The van der Waals surface area contributed by atoms with Crippen molar-refractivity contribution >= 4 is 161 Å². The Morgan fingerprint density at radius 1 is 0.415 bits per heavy atom. The average Bonchev–Trinajstić information content (AvgIpc) is 1.61. The van der Waals surface area contributed by atoms with E-state index in [0.29, 0.717) is 125 Å². The van der Waals surface area contributed by atoms with Gasteiger partial charge in [-0.25, -0.2) is 68.8 Å². The standard InChI is InChI=1S/C32H37Cl2N5O3S2.C31H36Cl2N6O5S3.C30H31Cl2N7O3S2/c33-23-13-16-28(27(34)20-23)39-31(29-17-15-24(43-29)14-12-22-8-2-3-9-22)26(21-35-44(41,42)25-10-4-5-11-25)30(36-39)32(40)37-38-18-6-1-7-19-38;32-23-9-12-27(26(33)20-23)39-30(28-13-11-24(45-28)10-8-22-6-2-3-7-22)25(29(35-39)31(40)36-37-14-4-1-5-15-37)21-34-47(43,44)38-16-18-46(41,42)19-17-38;31-21-9-12-25(24(32)16-21)39-29(26-13-11-22(43-26)10-8-20-6-2-3-7-20)23(17-35-44(41,42)27-18-33-19-34-27)28(36-39)30(40)37-38-14-4-1-5-15-38/h13,15-17,20,22,25,35H,1-11,18-19,21H2,(H,37,40);9,11-13,20,22,34H,1-7,14-19,21H2,(H,36,40);9,11-13,16,18-20,35H,1-7,14-15,17H2,(H,33,34)(H,37,40). The summed E-state index contributed by atoms with van der Waals surface area (Å²) < 4.78 is 118. The number of halogens is 6. The smallest absolute Gasteiger partial charge is 0.286 e. The molecule has 4 saturated carbocycles. The van der Waals surface area contributed by atoms with Crippen molar-refractivity contribution in [3.8, 4) is 84.3 Å². The number of hydrogen-bond donors (Lipinski definition) is 7. The van der Waals surface area contributed by atoms with Crippen molar-refractivity contribution < 1.29 is 48.1 Å². The van der Waals surface area contributed by atoms with Crippen LogP contribution in [0, 0.1) is 53.3 Å². The van der Waals surface area contributed by atoms with Crippen LogP contribution in [0.3, 0.4) is 0 Å². The number of piperidine rings is 3. The van der Waals surface area contributed by atoms with E-state index in [0.717, 1.165) is 169 Å². The first-order valence-electron chi connectivity index (χ1n) is 45.7. The highest BCUT2D eigenvalue weighted by Crippen LogP contribution is 2.43. The number of H-pyrrole nitrogens is 1. The van der Waals surface area contributed by atoms with E-state index >= 15 is 0 Å². The quantitative estimate of drug-likeness (QED) is 0.0276. The molecule has 0 atom stereocenters. The third-order valence-electron chi connectivity index (χ3n) is 25.1. The molecule has 4 aliphatic carbocycles. The lowest BCUT2D eigenvalue weighted by Crippen LogP contribution is -2.48. The average molecular weight is 2090 g/mol. The molecule has 3 aromatic carbocycles. The summed E-state index contributed by atoms with van der Waals surface area (Å²) in [6, 6.07) is 26.7. The molecule has 7 aromatic heterocycles. The minimum Gasteiger partial charge on any atom is -0.335 e. The number of aromatic amines is 1. The van der Waals surface area contributed by atoms with E-state index in [-0.39, 0.29) is 72.2 Å². The summed E-state index contributed by atoms with van der Waals surface area (Å²) in [5.74, 6) is 19.6. The molecule has 8 aliphatic rings. The number of carbonyl (C=O) groups excluding carboxylic acids is 3. The number of imidazole rings is 1. The number of hydrogen-bond acceptors (Lipinski definition) is 21. The molecule has 18 rings (SSSR count). The van der Waals surface area contributed by atoms with Crippen molar-refractivity contribution in [2.24, 2.45) is 17.8 Å². The number of carbonyl (C=O) groups is 3. The first kappa shape index (κ1) is 99.9. The molecule has 4 saturated heterocycles. The Kier molecular flexibility index (Phi) is 33.7. The van der Waals surface area contributed by atoms with Gasteiger partial charge in [0.05, 0.1) is 108 Å². The van der Waals surface area contributed by atoms with Crippen molar-refractivity contribution in [2.75, 3.05) is 63.9 Å². The molecule has 29 nitrogen and oxygen atoms in total. The van der Waals surface area contributed by atoms with Gasteiger partial charge in [-0.05, 0) is 181 Å². The first-order chi connectivity index (χ1) is 65.0. The van der Waals surface area contributed by atoms with Crippen LogP contribution >= 0.6 is 104 Å². The highest BCUT2D eigenvalue weighted by molar-refractivity contribution is 7.92. The van der Waals surface area contributed by atoms with Crippen LogP contribution < -0.4 is 30.4 Å². The van der Waals surface area contributed by atoms with Crippen LogP contribution in [-0.2, 0) is 59.7 Å². The minimum atomic E-state index is -4.11. The molecule has 0 bridgehead atoms. The molecule has 0 spiro atoms. The van der Waals surface area contributed by atoms with E-state index in [9.17, 15) is 48.1 Å². The molecule has 3 amide bonds. The van der Waals surface area contributed by atoms with Gasteiger partial charge >= 0.3 is 0 Å². The number of thiophene rings is 3. The predicted octanol–water partition coefficient (Wildman–Crippen LogP) is 17.4. The second kappa shape index (κ2) is 45.5. The SMILES string of the molecule is O=C(NN1CCCCC1)c1nn(-c2ccc(Cl)cc2Cl)c(-c2ccc(C#CC3CCCC3)s2)c1CNS(=O)(=O)C1CCCC1.O=C(NN1CCCCC1)c1nn(-c2ccc(Cl)cc2Cl)c(-c2ccc(C#CC3CCCC3)s2)c1CNS(=O)(=O)N1CCS(=O)(=O)CC1.O=C(NN1CCCCC1)c1nn(-c2ccc(Cl)cc2Cl)c(-c2ccc(C#CC3CCCC3)s2)c1CNS(=O)(=O)c1cnc[nH]1. The Morgan fingerprint density at radius 3 is 1.08 bits per heavy atom. The zero-order chi connectivity index (χ0) is 94.5. The third kappa shape index (κ3) is 25.4. The van der Waals surface area contributed by atoms with E-state index < -0.39 is 57.2 Å². The summed E-state index contributed by atoms with van der Waals surface area (Å²) in [5, 5.41) is 21.8. The van der Waals surface area contributed by atoms with Crippen LogP contribution in [-0.4, -0.2) is 179 Å². The third-order valence-corrected chi connectivity index (χ3v) is 36.1. The molecule has 0 radical (unpaired) electrons. The Balaban J connectivity index is 0.000000147. The lowest BCUT2D eigenvalue weighted by atomic mass is 10.1. The highest BCUT2D eigenvalue weighted by Gasteiger charge is 2.38. The molecule has 42 heteroatoms. The molecule has 11 heterocycles. The van der Waals surface area contributed by atoms with Crippen LogP contribution in [0.4, 0.5) is 0 Å². The van der Waals surface area contributed by atoms with Gasteiger partial charge in [0.2, 0.25) is 10.0 Å². The number of benzene rings is 3. The zero-order valence-electron chi connectivity index (χ0n) is 74.0. The van der Waals surface area contributed by atoms with Gasteiger partial charge in [-0.2, -0.15) is 32.7 Å². The van der Waals surface area contributed by atoms with Crippen LogP contribution in [0.1, 0.15) is 223 Å². The number of rotatable bonds is 24. The van der Waals surface area contributed by atoms with Crippen LogP contribution in [0.15, 0.2) is 109 Å². The fourth-order valence-electron chi connectivity index (χ4n) is 17.9. The Labute approximate surface area is 829 Å². The second-order valence-electron chi connectivity index (χ2n) is 34.6. The van der Waals surface area contributed by atoms with E-state index in [4.69, 9.17) is 84.9 Å². The van der Waals surface area contributed by atoms with E-state index in [1.807, 2.05) is 51.4 Å². The molecule has 4 aliphatic heterocycles. The Morgan fingerprint density at radius 2 is 0.748 bits per heavy atom. The van der Waals surface area contributed by atoms with E-state index in [1.165, 1.54) is 85.1 Å². The lowest BCUT2D eigenvalue weighted by molar-refractivity contribution is 0.0736. The van der Waals surface area contributed by atoms with Gasteiger partial charge in [0, 0.05) is 122 Å². The van der Waals surface area contributed by atoms with Crippen LogP contribution in [0.5, 0.6) is 0 Å². The molecule has 0 unspecified atom stereocenters. The largest absolute Gasteiger partial charge is 0.335 e. The lowest BCUT2D eigenvalue weighted by Gasteiger charge is -2.27. The van der Waals surface area contributed by atoms with Gasteiger partial charge in [-0.3, -0.25) is 30.7 Å². The van der Waals surface area contributed by atoms with Crippen molar-refractivity contribution in [1.29, 1.82) is 0 Å². The number of nitrogens with zero attached hydrogens (tertiary/aromatic N) is 11. The van der Waals surface area contributed by atoms with E-state index in [1.54, 1.807) is 68.6 Å². The summed E-state index contributed by atoms with van der Waals surface area (Å²) >= 11 is 43.1. The summed E-state index contributed by atoms with van der Waals surface area (Å²) in [6.45, 7) is 3.44. The topological polar surface area (TPSA) is 355 Å². The zero-order valence-corrected chi connectivity index (χ0v) is 84.3. The number of sulfone groups is 1. The predicted molar refractivity (Wildman–Crippen MR) is 532 cm³/mol. The molecule has 716 valence electrons. The normalized spacial score (nSPS) is 18.0. The Bertz CT molecular complexity index is 6650. The molecule has 7 N–H and O–H groups in total. The molecule has 10 aromatic rings. The fourth-order valence-corrected chi connectivity index (χ4v) is 27.2. The van der Waals surface area contributed by atoms with Crippen molar-refractivity contribution in [2.45, 2.75) is 190 Å². The fraction of sp³-hybridized carbons (Fsp3) is 0.452. The van der Waals surface area contributed by atoms with Crippen molar-refractivity contribution in [3.63, 3.8) is 0 Å². The highest BCUT2D eigenvalue weighted by atomic mass is 35.5. The summed E-state index contributed by atoms with van der Waals surface area (Å²) in [7, 11) is -15.0. The number of hydrazine groups is 3. The second-order valence-corrected chi connectivity index (χ2v) is 48.3. The van der Waals surface area contributed by atoms with Crippen molar-refractivity contribution in [3.05, 3.63) is 182 Å². The van der Waals surface area contributed by atoms with Gasteiger partial charge < -0.3 is 4.98 Å². The van der Waals surface area contributed by atoms with Gasteiger partial charge in [0.15, 0.2) is 31.9 Å².